The van der Waals surface area contributed by atoms with Crippen molar-refractivity contribution in [1.82, 2.24) is 20.4 Å². The second-order valence-electron chi connectivity index (χ2n) is 6.51. The first-order valence-corrected chi connectivity index (χ1v) is 9.26. The molecule has 0 spiro atoms. The summed E-state index contributed by atoms with van der Waals surface area (Å²) in [6.07, 6.45) is 0.819. The second kappa shape index (κ2) is 8.91. The van der Waals surface area contributed by atoms with Gasteiger partial charge in [-0.3, -0.25) is 14.7 Å². The third-order valence-electron chi connectivity index (χ3n) is 4.78. The van der Waals surface area contributed by atoms with E-state index in [1.54, 1.807) is 23.1 Å². The summed E-state index contributed by atoms with van der Waals surface area (Å²) in [5.74, 6) is -0.437. The van der Waals surface area contributed by atoms with Crippen LogP contribution in [0.5, 0.6) is 0 Å². The van der Waals surface area contributed by atoms with E-state index >= 15 is 0 Å². The highest BCUT2D eigenvalue weighted by Crippen LogP contribution is 2.24. The van der Waals surface area contributed by atoms with Crippen molar-refractivity contribution in [3.63, 3.8) is 0 Å². The molecule has 1 aromatic carbocycles. The molecule has 0 aliphatic carbocycles. The molecule has 2 aliphatic rings. The predicted octanol–water partition coefficient (Wildman–Crippen LogP) is 1.86. The average Bonchev–Trinajstić information content (AvgIpc) is 3.12. The number of fused-ring (bicyclic) bond motifs is 1. The van der Waals surface area contributed by atoms with Crippen molar-refractivity contribution in [2.24, 2.45) is 0 Å². The first-order chi connectivity index (χ1) is 13.1. The normalized spacial score (nSPS) is 16.1. The molecule has 2 aliphatic heterocycles. The summed E-state index contributed by atoms with van der Waals surface area (Å²) in [7, 11) is 0. The Labute approximate surface area is 173 Å². The summed E-state index contributed by atoms with van der Waals surface area (Å²) in [4.78, 5) is 26.9. The fraction of sp³-hybridized carbons (Fsp3) is 0.389. The fourth-order valence-electron chi connectivity index (χ4n) is 3.31. The second-order valence-corrected chi connectivity index (χ2v) is 6.92. The van der Waals surface area contributed by atoms with E-state index in [4.69, 9.17) is 16.3 Å². The molecule has 1 saturated heterocycles. The van der Waals surface area contributed by atoms with Gasteiger partial charge >= 0.3 is 0 Å². The number of nitrogens with one attached hydrogen (secondary N) is 3. The Morgan fingerprint density at radius 2 is 2.04 bits per heavy atom. The molecule has 0 radical (unpaired) electrons. The van der Waals surface area contributed by atoms with Gasteiger partial charge in [0, 0.05) is 49.5 Å². The predicted molar refractivity (Wildman–Crippen MR) is 107 cm³/mol. The Hall–Kier alpha value is -2.13. The highest BCUT2D eigenvalue weighted by molar-refractivity contribution is 6.34. The number of nitrogens with zero attached hydrogens (tertiary/aromatic N) is 2. The molecule has 150 valence electrons. The number of carbonyl (C=O) groups is 2. The number of amides is 2. The zero-order valence-electron chi connectivity index (χ0n) is 15.1. The topological polar surface area (TPSA) is 99.3 Å². The summed E-state index contributed by atoms with van der Waals surface area (Å²) in [5, 5.41) is 13.4. The smallest absolute Gasteiger partial charge is 0.276 e. The van der Waals surface area contributed by atoms with Crippen molar-refractivity contribution < 1.29 is 14.3 Å². The van der Waals surface area contributed by atoms with Gasteiger partial charge in [-0.1, -0.05) is 11.6 Å². The molecule has 0 atom stereocenters. The molecule has 3 heterocycles. The SMILES string of the molecule is Cl.O=C(Nc1ccc(C(=O)N2CCOCC2)c(Cl)c1)c1n[nH]c2c1CNCC2. The van der Waals surface area contributed by atoms with Crippen LogP contribution >= 0.6 is 24.0 Å². The maximum atomic E-state index is 12.6. The van der Waals surface area contributed by atoms with E-state index in [1.165, 1.54) is 0 Å². The molecule has 10 heteroatoms. The molecule has 2 aromatic rings. The van der Waals surface area contributed by atoms with Gasteiger partial charge in [-0.05, 0) is 18.2 Å². The van der Waals surface area contributed by atoms with Crippen LogP contribution in [0.2, 0.25) is 5.02 Å². The Morgan fingerprint density at radius 1 is 1.25 bits per heavy atom. The first-order valence-electron chi connectivity index (χ1n) is 8.88. The number of H-pyrrole nitrogens is 1. The minimum absolute atomic E-state index is 0. The monoisotopic (exact) mass is 425 g/mol. The zero-order valence-corrected chi connectivity index (χ0v) is 16.7. The van der Waals surface area contributed by atoms with Crippen LogP contribution in [-0.4, -0.2) is 59.8 Å². The minimum Gasteiger partial charge on any atom is -0.378 e. The lowest BCUT2D eigenvalue weighted by Crippen LogP contribution is -2.40. The summed E-state index contributed by atoms with van der Waals surface area (Å²) >= 11 is 6.31. The largest absolute Gasteiger partial charge is 0.378 e. The molecule has 0 bridgehead atoms. The molecule has 28 heavy (non-hydrogen) atoms. The number of morpholine rings is 1. The van der Waals surface area contributed by atoms with E-state index < -0.39 is 0 Å². The van der Waals surface area contributed by atoms with Crippen molar-refractivity contribution in [3.8, 4) is 0 Å². The lowest BCUT2D eigenvalue weighted by atomic mass is 10.1. The average molecular weight is 426 g/mol. The van der Waals surface area contributed by atoms with Gasteiger partial charge < -0.3 is 20.3 Å². The maximum absolute atomic E-state index is 12.6. The highest BCUT2D eigenvalue weighted by atomic mass is 35.5. The van der Waals surface area contributed by atoms with E-state index in [9.17, 15) is 9.59 Å². The lowest BCUT2D eigenvalue weighted by Gasteiger charge is -2.27. The van der Waals surface area contributed by atoms with Crippen LogP contribution in [0.1, 0.15) is 32.1 Å². The first kappa shape index (κ1) is 20.6. The molecule has 3 N–H and O–H groups in total. The van der Waals surface area contributed by atoms with Gasteiger partial charge in [0.15, 0.2) is 5.69 Å². The lowest BCUT2D eigenvalue weighted by molar-refractivity contribution is 0.0303. The number of aromatic nitrogens is 2. The van der Waals surface area contributed by atoms with Crippen LogP contribution in [0, 0.1) is 0 Å². The van der Waals surface area contributed by atoms with Gasteiger partial charge in [0.05, 0.1) is 23.8 Å². The Morgan fingerprint density at radius 3 is 2.79 bits per heavy atom. The van der Waals surface area contributed by atoms with Crippen molar-refractivity contribution in [1.29, 1.82) is 0 Å². The van der Waals surface area contributed by atoms with Crippen molar-refractivity contribution in [3.05, 3.63) is 45.7 Å². The molecular formula is C18H21Cl2N5O3. The molecule has 2 amide bonds. The van der Waals surface area contributed by atoms with Gasteiger partial charge in [-0.2, -0.15) is 5.10 Å². The quantitative estimate of drug-likeness (QED) is 0.696. The molecule has 1 fully saturated rings. The van der Waals surface area contributed by atoms with Crippen LogP contribution < -0.4 is 10.6 Å². The maximum Gasteiger partial charge on any atom is 0.276 e. The van der Waals surface area contributed by atoms with E-state index in [0.29, 0.717) is 54.8 Å². The number of benzene rings is 1. The summed E-state index contributed by atoms with van der Waals surface area (Å²) < 4.78 is 5.27. The van der Waals surface area contributed by atoms with Crippen molar-refractivity contribution in [2.75, 3.05) is 38.2 Å². The van der Waals surface area contributed by atoms with Crippen molar-refractivity contribution >= 4 is 41.5 Å². The van der Waals surface area contributed by atoms with Crippen molar-refractivity contribution in [2.45, 2.75) is 13.0 Å². The Balaban J connectivity index is 0.00000225. The third kappa shape index (κ3) is 4.15. The fourth-order valence-corrected chi connectivity index (χ4v) is 3.57. The number of rotatable bonds is 3. The number of carbonyl (C=O) groups excluding carboxylic acids is 2. The van der Waals surface area contributed by atoms with Gasteiger partial charge in [-0.25, -0.2) is 0 Å². The standard InChI is InChI=1S/C18H20ClN5O3.ClH/c19-14-9-11(1-2-12(14)18(26)24-5-7-27-8-6-24)21-17(25)16-13-10-20-4-3-15(13)22-23-16;/h1-2,9,20H,3-8,10H2,(H,21,25)(H,22,23);1H. The van der Waals surface area contributed by atoms with Gasteiger partial charge in [0.2, 0.25) is 0 Å². The number of halogens is 2. The summed E-state index contributed by atoms with van der Waals surface area (Å²) in [6, 6.07) is 4.90. The summed E-state index contributed by atoms with van der Waals surface area (Å²) in [5.41, 5.74) is 3.19. The van der Waals surface area contributed by atoms with E-state index in [-0.39, 0.29) is 24.2 Å². The summed E-state index contributed by atoms with van der Waals surface area (Å²) in [6.45, 7) is 3.63. The van der Waals surface area contributed by atoms with Crippen LogP contribution in [0.4, 0.5) is 5.69 Å². The van der Waals surface area contributed by atoms with E-state index in [1.807, 2.05) is 0 Å². The van der Waals surface area contributed by atoms with E-state index in [0.717, 1.165) is 24.2 Å². The van der Waals surface area contributed by atoms with Gasteiger partial charge in [0.25, 0.3) is 11.8 Å². The Kier molecular flexibility index (Phi) is 6.56. The van der Waals surface area contributed by atoms with Crippen LogP contribution in [0.15, 0.2) is 18.2 Å². The molecule has 0 saturated carbocycles. The third-order valence-corrected chi connectivity index (χ3v) is 5.09. The number of anilines is 1. The molecule has 1 aromatic heterocycles. The van der Waals surface area contributed by atoms with Crippen LogP contribution in [0.3, 0.4) is 0 Å². The number of ether oxygens (including phenoxy) is 1. The molecule has 0 unspecified atom stereocenters. The van der Waals surface area contributed by atoms with Gasteiger partial charge in [-0.15, -0.1) is 12.4 Å². The van der Waals surface area contributed by atoms with Crippen LogP contribution in [0.25, 0.3) is 0 Å². The molecule has 4 rings (SSSR count). The minimum atomic E-state index is -0.306. The van der Waals surface area contributed by atoms with E-state index in [2.05, 4.69) is 20.8 Å². The molecule has 8 nitrogen and oxygen atoms in total. The van der Waals surface area contributed by atoms with Crippen LogP contribution in [-0.2, 0) is 17.7 Å². The number of hydrogen-bond donors (Lipinski definition) is 3. The Bertz CT molecular complexity index is 880. The highest BCUT2D eigenvalue weighted by Gasteiger charge is 2.23. The molecular weight excluding hydrogens is 405 g/mol. The number of hydrogen-bond acceptors (Lipinski definition) is 5. The zero-order chi connectivity index (χ0) is 18.8. The van der Waals surface area contributed by atoms with Gasteiger partial charge in [0.1, 0.15) is 0 Å². The number of aromatic amines is 1.